The Labute approximate surface area is 254 Å². The molecule has 2 heterocycles. The third kappa shape index (κ3) is 3.09. The van der Waals surface area contributed by atoms with Gasteiger partial charge in [-0.05, 0) is 116 Å². The fourth-order valence-electron chi connectivity index (χ4n) is 7.10. The highest BCUT2D eigenvalue weighted by Gasteiger charge is 2.38. The standard InChI is InChI=1S/C35H23IN2O4/c1-3-18(4-2)37-32(39)24-13-9-20-22-11-15-26-31-27(35(42)38(34(26)41)19-7-5-17(36)6-8-19)16-12-23(29(22)31)21-10-14-25(33(37)40)30(24)28(20)21/h5-16,18H,3-4H2,1-2H3. The summed E-state index contributed by atoms with van der Waals surface area (Å²) >= 11 is 2.19. The number of nitrogens with zero attached hydrogens (tertiary/aromatic N) is 2. The lowest BCUT2D eigenvalue weighted by Crippen LogP contribution is -2.46. The Kier molecular flexibility index (Phi) is 5.32. The zero-order valence-corrected chi connectivity index (χ0v) is 25.0. The van der Waals surface area contributed by atoms with Crippen molar-refractivity contribution in [3.8, 4) is 0 Å². The molecule has 6 nitrogen and oxygen atoms in total. The molecule has 7 heteroatoms. The van der Waals surface area contributed by atoms with Crippen molar-refractivity contribution in [3.05, 3.63) is 98.6 Å². The maximum atomic E-state index is 13.8. The molecule has 4 amide bonds. The van der Waals surface area contributed by atoms with Crippen LogP contribution < -0.4 is 4.90 Å². The van der Waals surface area contributed by atoms with Crippen LogP contribution in [-0.4, -0.2) is 34.6 Å². The molecule has 2 aliphatic heterocycles. The summed E-state index contributed by atoms with van der Waals surface area (Å²) in [5.41, 5.74) is 2.55. The van der Waals surface area contributed by atoms with Gasteiger partial charge >= 0.3 is 0 Å². The van der Waals surface area contributed by atoms with E-state index in [2.05, 4.69) is 22.6 Å². The largest absolute Gasteiger partial charge is 0.271 e. The first kappa shape index (κ1) is 25.3. The molecular formula is C35H23IN2O4. The van der Waals surface area contributed by atoms with E-state index >= 15 is 0 Å². The molecule has 0 bridgehead atoms. The van der Waals surface area contributed by atoms with Gasteiger partial charge in [-0.25, -0.2) is 4.90 Å². The van der Waals surface area contributed by atoms with Crippen LogP contribution in [0.2, 0.25) is 0 Å². The summed E-state index contributed by atoms with van der Waals surface area (Å²) in [7, 11) is 0. The molecule has 0 N–H and O–H groups in total. The predicted octanol–water partition coefficient (Wildman–Crippen LogP) is 7.93. The molecule has 42 heavy (non-hydrogen) atoms. The first-order valence-corrected chi connectivity index (χ1v) is 15.2. The van der Waals surface area contributed by atoms with E-state index in [4.69, 9.17) is 0 Å². The second-order valence-electron chi connectivity index (χ2n) is 11.0. The third-order valence-electron chi connectivity index (χ3n) is 9.06. The molecule has 6 aromatic carbocycles. The van der Waals surface area contributed by atoms with Gasteiger partial charge in [0.05, 0.1) is 5.69 Å². The number of carbonyl (C=O) groups is 4. The summed E-state index contributed by atoms with van der Waals surface area (Å²) < 4.78 is 1.01. The van der Waals surface area contributed by atoms with Gasteiger partial charge in [-0.2, -0.15) is 0 Å². The van der Waals surface area contributed by atoms with Gasteiger partial charge < -0.3 is 0 Å². The highest BCUT2D eigenvalue weighted by molar-refractivity contribution is 14.1. The van der Waals surface area contributed by atoms with Crippen LogP contribution in [0.4, 0.5) is 5.69 Å². The normalized spacial score (nSPS) is 15.0. The number of hydrogen-bond donors (Lipinski definition) is 0. The summed E-state index contributed by atoms with van der Waals surface area (Å²) in [5.74, 6) is -1.22. The minimum absolute atomic E-state index is 0.161. The zero-order chi connectivity index (χ0) is 29.0. The van der Waals surface area contributed by atoms with Gasteiger partial charge in [0, 0.05) is 42.6 Å². The lowest BCUT2D eigenvalue weighted by molar-refractivity contribution is 0.0529. The molecule has 8 rings (SSSR count). The molecule has 0 radical (unpaired) electrons. The second kappa shape index (κ2) is 8.82. The smallest absolute Gasteiger partial charge is 0.265 e. The van der Waals surface area contributed by atoms with Crippen molar-refractivity contribution >= 4 is 95.0 Å². The Balaban J connectivity index is 1.42. The van der Waals surface area contributed by atoms with Gasteiger partial charge in [-0.1, -0.05) is 38.1 Å². The van der Waals surface area contributed by atoms with E-state index in [1.165, 1.54) is 9.80 Å². The van der Waals surface area contributed by atoms with E-state index in [9.17, 15) is 19.2 Å². The van der Waals surface area contributed by atoms with E-state index in [-0.39, 0.29) is 29.7 Å². The topological polar surface area (TPSA) is 74.8 Å². The number of amides is 4. The summed E-state index contributed by atoms with van der Waals surface area (Å²) in [4.78, 5) is 57.8. The maximum absolute atomic E-state index is 13.8. The molecule has 0 saturated heterocycles. The van der Waals surface area contributed by atoms with Crippen LogP contribution in [0.1, 0.15) is 68.1 Å². The highest BCUT2D eigenvalue weighted by Crippen LogP contribution is 2.46. The number of hydrogen-bond acceptors (Lipinski definition) is 4. The average molecular weight is 662 g/mol. The molecule has 6 aromatic rings. The molecule has 0 saturated carbocycles. The Morgan fingerprint density at radius 2 is 0.905 bits per heavy atom. The molecule has 2 aliphatic rings. The Hall–Kier alpha value is -4.37. The van der Waals surface area contributed by atoms with Gasteiger partial charge in [0.2, 0.25) is 0 Å². The Morgan fingerprint density at radius 1 is 0.524 bits per heavy atom. The number of carbonyl (C=O) groups excluding carboxylic acids is 4. The lowest BCUT2D eigenvalue weighted by atomic mass is 9.82. The quantitative estimate of drug-likeness (QED) is 0.0832. The minimum atomic E-state index is -0.355. The van der Waals surface area contributed by atoms with Gasteiger partial charge in [0.15, 0.2) is 0 Å². The molecular weight excluding hydrogens is 639 g/mol. The Morgan fingerprint density at radius 3 is 1.29 bits per heavy atom. The van der Waals surface area contributed by atoms with Gasteiger partial charge in [0.25, 0.3) is 23.6 Å². The summed E-state index contributed by atoms with van der Waals surface area (Å²) in [6, 6.07) is 22.2. The van der Waals surface area contributed by atoms with Crippen molar-refractivity contribution in [2.45, 2.75) is 32.7 Å². The van der Waals surface area contributed by atoms with Crippen molar-refractivity contribution in [2.75, 3.05) is 4.90 Å². The van der Waals surface area contributed by atoms with Crippen LogP contribution in [0, 0.1) is 3.57 Å². The highest BCUT2D eigenvalue weighted by atomic mass is 127. The molecule has 0 atom stereocenters. The third-order valence-corrected chi connectivity index (χ3v) is 9.78. The monoisotopic (exact) mass is 662 g/mol. The number of halogens is 1. The van der Waals surface area contributed by atoms with Crippen molar-refractivity contribution in [1.82, 2.24) is 4.90 Å². The van der Waals surface area contributed by atoms with Crippen molar-refractivity contribution in [2.24, 2.45) is 0 Å². The van der Waals surface area contributed by atoms with Crippen LogP contribution in [0.3, 0.4) is 0 Å². The van der Waals surface area contributed by atoms with Crippen LogP contribution >= 0.6 is 22.6 Å². The van der Waals surface area contributed by atoms with Crippen LogP contribution in [0.5, 0.6) is 0 Å². The Bertz CT molecular complexity index is 2100. The SMILES string of the molecule is CCC(CC)N1C(=O)c2ccc3c4ccc5c6c(ccc(c7ccc(c2c37)C1=O)c64)C(=O)N(c1ccc(I)cc1)C5=O. The molecule has 204 valence electrons. The second-order valence-corrected chi connectivity index (χ2v) is 12.3. The fraction of sp³-hybridized carbons (Fsp3) is 0.143. The van der Waals surface area contributed by atoms with E-state index < -0.39 is 0 Å². The summed E-state index contributed by atoms with van der Waals surface area (Å²) in [6.07, 6.45) is 1.39. The fourth-order valence-corrected chi connectivity index (χ4v) is 7.46. The number of rotatable bonds is 4. The van der Waals surface area contributed by atoms with Crippen LogP contribution in [0.15, 0.2) is 72.8 Å². The van der Waals surface area contributed by atoms with E-state index in [0.717, 1.165) is 35.9 Å². The maximum Gasteiger partial charge on any atom is 0.265 e. The van der Waals surface area contributed by atoms with Crippen LogP contribution in [0.25, 0.3) is 43.1 Å². The first-order valence-electron chi connectivity index (χ1n) is 14.1. The predicted molar refractivity (Wildman–Crippen MR) is 173 cm³/mol. The van der Waals surface area contributed by atoms with Gasteiger partial charge in [-0.3, -0.25) is 24.1 Å². The van der Waals surface area contributed by atoms with E-state index in [1.54, 1.807) is 24.3 Å². The minimum Gasteiger partial charge on any atom is -0.271 e. The van der Waals surface area contributed by atoms with E-state index in [0.29, 0.717) is 51.6 Å². The number of anilines is 1. The van der Waals surface area contributed by atoms with Crippen molar-refractivity contribution < 1.29 is 19.2 Å². The van der Waals surface area contributed by atoms with Crippen molar-refractivity contribution in [1.29, 1.82) is 0 Å². The lowest BCUT2D eigenvalue weighted by Gasteiger charge is -2.33. The van der Waals surface area contributed by atoms with E-state index in [1.807, 2.05) is 62.4 Å². The number of imide groups is 2. The first-order chi connectivity index (χ1) is 20.3. The number of benzene rings is 6. The molecule has 0 aliphatic carbocycles. The number of fused-ring (bicyclic) bond motifs is 2. The van der Waals surface area contributed by atoms with Crippen molar-refractivity contribution in [3.63, 3.8) is 0 Å². The zero-order valence-electron chi connectivity index (χ0n) is 22.8. The molecule has 0 spiro atoms. The molecule has 0 aromatic heterocycles. The van der Waals surface area contributed by atoms with Crippen LogP contribution in [-0.2, 0) is 0 Å². The molecule has 0 fully saturated rings. The molecule has 0 unspecified atom stereocenters. The summed E-state index contributed by atoms with van der Waals surface area (Å²) in [6.45, 7) is 3.99. The average Bonchev–Trinajstić information content (AvgIpc) is 3.01. The summed E-state index contributed by atoms with van der Waals surface area (Å²) in [5, 5.41) is 6.57. The van der Waals surface area contributed by atoms with Gasteiger partial charge in [-0.15, -0.1) is 0 Å². The van der Waals surface area contributed by atoms with Gasteiger partial charge in [0.1, 0.15) is 0 Å².